The van der Waals surface area contributed by atoms with Gasteiger partial charge in [-0.1, -0.05) is 6.07 Å². The van der Waals surface area contributed by atoms with Crippen molar-refractivity contribution in [3.63, 3.8) is 0 Å². The lowest BCUT2D eigenvalue weighted by molar-refractivity contribution is -0.118. The van der Waals surface area contributed by atoms with Crippen LogP contribution >= 0.6 is 0 Å². The normalized spacial score (nSPS) is 11.1. The van der Waals surface area contributed by atoms with Gasteiger partial charge in [0.1, 0.15) is 0 Å². The van der Waals surface area contributed by atoms with Gasteiger partial charge in [0, 0.05) is 18.5 Å². The van der Waals surface area contributed by atoms with Crippen LogP contribution in [0.3, 0.4) is 0 Å². The summed E-state index contributed by atoms with van der Waals surface area (Å²) in [5.41, 5.74) is 5.95. The van der Waals surface area contributed by atoms with Gasteiger partial charge in [-0.05, 0) is 38.1 Å². The van der Waals surface area contributed by atoms with Crippen molar-refractivity contribution in [2.45, 2.75) is 24.7 Å². The van der Waals surface area contributed by atoms with Crippen molar-refractivity contribution >= 4 is 21.8 Å². The predicted molar refractivity (Wildman–Crippen MR) is 78.2 cm³/mol. The third-order valence-electron chi connectivity index (χ3n) is 2.92. The van der Waals surface area contributed by atoms with Crippen LogP contribution in [0.2, 0.25) is 0 Å². The Morgan fingerprint density at radius 2 is 1.95 bits per heavy atom. The molecule has 0 aliphatic rings. The van der Waals surface area contributed by atoms with Gasteiger partial charge in [0.05, 0.1) is 4.90 Å². The van der Waals surface area contributed by atoms with E-state index in [1.54, 1.807) is 13.0 Å². The fraction of sp³-hybridized carbons (Fsp3) is 0.385. The number of nitrogens with two attached hydrogens (primary N) is 1. The Morgan fingerprint density at radius 3 is 2.52 bits per heavy atom. The molecule has 4 N–H and O–H groups in total. The van der Waals surface area contributed by atoms with Crippen LogP contribution in [0.25, 0.3) is 0 Å². The molecule has 0 saturated carbocycles. The van der Waals surface area contributed by atoms with Gasteiger partial charge in [0.2, 0.25) is 15.9 Å². The summed E-state index contributed by atoms with van der Waals surface area (Å²) >= 11 is 0. The molecule has 0 bridgehead atoms. The number of carbonyl (C=O) groups excluding carboxylic acids is 2. The number of hydrogen-bond acceptors (Lipinski definition) is 4. The molecule has 0 radical (unpaired) electrons. The number of sulfonamides is 1. The van der Waals surface area contributed by atoms with Crippen molar-refractivity contribution in [1.29, 1.82) is 0 Å². The highest BCUT2D eigenvalue weighted by Crippen LogP contribution is 2.15. The zero-order valence-electron chi connectivity index (χ0n) is 12.0. The van der Waals surface area contributed by atoms with Gasteiger partial charge in [0.15, 0.2) is 0 Å². The molecule has 2 amide bonds. The standard InChI is InChI=1S/C13H19N3O4S/c1-9-5-6-10(21(19,20)15-2)8-11(9)13(18)16-7-3-4-12(14)17/h5-6,8,15H,3-4,7H2,1-2H3,(H2,14,17)(H,16,18). The first-order chi connectivity index (χ1) is 9.77. The van der Waals surface area contributed by atoms with E-state index in [9.17, 15) is 18.0 Å². The summed E-state index contributed by atoms with van der Waals surface area (Å²) in [5, 5.41) is 2.63. The molecule has 21 heavy (non-hydrogen) atoms. The van der Waals surface area contributed by atoms with E-state index in [2.05, 4.69) is 10.0 Å². The Hall–Kier alpha value is -1.93. The zero-order chi connectivity index (χ0) is 16.0. The summed E-state index contributed by atoms with van der Waals surface area (Å²) < 4.78 is 25.7. The van der Waals surface area contributed by atoms with Gasteiger partial charge >= 0.3 is 0 Å². The van der Waals surface area contributed by atoms with Gasteiger partial charge in [-0.3, -0.25) is 9.59 Å². The maximum Gasteiger partial charge on any atom is 0.251 e. The number of primary amides is 1. The van der Waals surface area contributed by atoms with E-state index in [0.29, 0.717) is 18.5 Å². The molecule has 1 rings (SSSR count). The SMILES string of the molecule is CNS(=O)(=O)c1ccc(C)c(C(=O)NCCCC(N)=O)c1. The average molecular weight is 313 g/mol. The lowest BCUT2D eigenvalue weighted by Crippen LogP contribution is -2.27. The number of aryl methyl sites for hydroxylation is 1. The third kappa shape index (κ3) is 4.83. The summed E-state index contributed by atoms with van der Waals surface area (Å²) in [6.07, 6.45) is 0.627. The quantitative estimate of drug-likeness (QED) is 0.609. The van der Waals surface area contributed by atoms with Crippen molar-refractivity contribution in [2.75, 3.05) is 13.6 Å². The molecule has 0 heterocycles. The fourth-order valence-corrected chi connectivity index (χ4v) is 2.45. The second-order valence-corrected chi connectivity index (χ2v) is 6.40. The van der Waals surface area contributed by atoms with Gasteiger partial charge in [-0.25, -0.2) is 13.1 Å². The van der Waals surface area contributed by atoms with E-state index in [-0.39, 0.29) is 22.8 Å². The molecule has 0 aliphatic heterocycles. The van der Waals surface area contributed by atoms with Gasteiger partial charge in [-0.2, -0.15) is 0 Å². The van der Waals surface area contributed by atoms with Crippen molar-refractivity contribution in [2.24, 2.45) is 5.73 Å². The van der Waals surface area contributed by atoms with E-state index < -0.39 is 15.9 Å². The molecule has 0 atom stereocenters. The summed E-state index contributed by atoms with van der Waals surface area (Å²) in [6, 6.07) is 4.33. The summed E-state index contributed by atoms with van der Waals surface area (Å²) in [4.78, 5) is 22.7. The minimum Gasteiger partial charge on any atom is -0.370 e. The smallest absolute Gasteiger partial charge is 0.251 e. The van der Waals surface area contributed by atoms with Crippen LogP contribution < -0.4 is 15.8 Å². The number of hydrogen-bond donors (Lipinski definition) is 3. The topological polar surface area (TPSA) is 118 Å². The second-order valence-electron chi connectivity index (χ2n) is 4.51. The molecular formula is C13H19N3O4S. The highest BCUT2D eigenvalue weighted by molar-refractivity contribution is 7.89. The molecule has 1 aromatic rings. The highest BCUT2D eigenvalue weighted by Gasteiger charge is 2.16. The monoisotopic (exact) mass is 313 g/mol. The minimum absolute atomic E-state index is 0.0258. The highest BCUT2D eigenvalue weighted by atomic mass is 32.2. The van der Waals surface area contributed by atoms with Crippen LogP contribution in [0.1, 0.15) is 28.8 Å². The van der Waals surface area contributed by atoms with Gasteiger partial charge < -0.3 is 11.1 Å². The molecule has 0 unspecified atom stereocenters. The van der Waals surface area contributed by atoms with Crippen LogP contribution in [-0.4, -0.2) is 33.8 Å². The van der Waals surface area contributed by atoms with E-state index in [1.807, 2.05) is 0 Å². The molecule has 8 heteroatoms. The molecule has 0 aromatic heterocycles. The number of amides is 2. The maximum atomic E-state index is 12.0. The minimum atomic E-state index is -3.60. The molecular weight excluding hydrogens is 294 g/mol. The summed E-state index contributed by atoms with van der Waals surface area (Å²) in [6.45, 7) is 2.01. The van der Waals surface area contributed by atoms with Crippen LogP contribution in [0, 0.1) is 6.92 Å². The number of carbonyl (C=O) groups is 2. The first-order valence-electron chi connectivity index (χ1n) is 6.38. The van der Waals surface area contributed by atoms with E-state index in [4.69, 9.17) is 5.73 Å². The molecule has 1 aromatic carbocycles. The molecule has 0 aliphatic carbocycles. The van der Waals surface area contributed by atoms with Crippen molar-refractivity contribution < 1.29 is 18.0 Å². The van der Waals surface area contributed by atoms with Gasteiger partial charge in [0.25, 0.3) is 5.91 Å². The van der Waals surface area contributed by atoms with Crippen LogP contribution in [0.4, 0.5) is 0 Å². The average Bonchev–Trinajstić information content (AvgIpc) is 2.43. The van der Waals surface area contributed by atoms with E-state index in [0.717, 1.165) is 0 Å². The van der Waals surface area contributed by atoms with Crippen LogP contribution in [0.5, 0.6) is 0 Å². The Kier molecular flexibility index (Phi) is 5.86. The molecule has 0 spiro atoms. The largest absolute Gasteiger partial charge is 0.370 e. The van der Waals surface area contributed by atoms with Crippen molar-refractivity contribution in [3.05, 3.63) is 29.3 Å². The first kappa shape index (κ1) is 17.1. The number of rotatable bonds is 7. The molecule has 0 saturated heterocycles. The Morgan fingerprint density at radius 1 is 1.29 bits per heavy atom. The Labute approximate surface area is 124 Å². The van der Waals surface area contributed by atoms with Crippen LogP contribution in [-0.2, 0) is 14.8 Å². The van der Waals surface area contributed by atoms with Crippen molar-refractivity contribution in [3.8, 4) is 0 Å². The second kappa shape index (κ2) is 7.19. The van der Waals surface area contributed by atoms with E-state index in [1.165, 1.54) is 19.2 Å². The fourth-order valence-electron chi connectivity index (χ4n) is 1.69. The summed E-state index contributed by atoms with van der Waals surface area (Å²) in [7, 11) is -2.29. The summed E-state index contributed by atoms with van der Waals surface area (Å²) in [5.74, 6) is -0.812. The number of nitrogens with one attached hydrogen (secondary N) is 2. The van der Waals surface area contributed by atoms with Gasteiger partial charge in [-0.15, -0.1) is 0 Å². The predicted octanol–water partition coefficient (Wildman–Crippen LogP) is -0.102. The lowest BCUT2D eigenvalue weighted by atomic mass is 10.1. The zero-order valence-corrected chi connectivity index (χ0v) is 12.8. The Bertz CT molecular complexity index is 641. The lowest BCUT2D eigenvalue weighted by Gasteiger charge is -2.10. The maximum absolute atomic E-state index is 12.0. The first-order valence-corrected chi connectivity index (χ1v) is 7.87. The molecule has 116 valence electrons. The Balaban J connectivity index is 2.84. The number of benzene rings is 1. The third-order valence-corrected chi connectivity index (χ3v) is 4.33. The molecule has 0 fully saturated rings. The van der Waals surface area contributed by atoms with Crippen molar-refractivity contribution in [1.82, 2.24) is 10.0 Å². The molecule has 7 nitrogen and oxygen atoms in total. The van der Waals surface area contributed by atoms with E-state index >= 15 is 0 Å². The van der Waals surface area contributed by atoms with Crippen LogP contribution in [0.15, 0.2) is 23.1 Å².